The van der Waals surface area contributed by atoms with Crippen molar-refractivity contribution in [2.24, 2.45) is 5.73 Å². The number of nitrogens with two attached hydrogens (primary N) is 1. The van der Waals surface area contributed by atoms with E-state index in [-0.39, 0.29) is 0 Å². The number of ether oxygens (including phenoxy) is 1. The van der Waals surface area contributed by atoms with E-state index >= 15 is 0 Å². The highest BCUT2D eigenvalue weighted by atomic mass is 32.1. The molecule has 2 N–H and O–H groups in total. The molecule has 1 aromatic rings. The van der Waals surface area contributed by atoms with Crippen LogP contribution in [0.25, 0.3) is 0 Å². The first-order valence-corrected chi connectivity index (χ1v) is 6.58. The molecule has 2 rings (SSSR count). The largest absolute Gasteiger partial charge is 0.476 e. The lowest BCUT2D eigenvalue weighted by Gasteiger charge is -2.15. The Kier molecular flexibility index (Phi) is 4.14. The van der Waals surface area contributed by atoms with E-state index in [2.05, 4.69) is 16.9 Å². The predicted molar refractivity (Wildman–Crippen MR) is 76.0 cm³/mol. The molecule has 1 heterocycles. The summed E-state index contributed by atoms with van der Waals surface area (Å²) in [5.41, 5.74) is 7.29. The maximum Gasteiger partial charge on any atom is 0.214 e. The molecule has 1 aliphatic rings. The van der Waals surface area contributed by atoms with E-state index in [9.17, 15) is 0 Å². The summed E-state index contributed by atoms with van der Waals surface area (Å²) in [4.78, 5) is 7.02. The summed E-state index contributed by atoms with van der Waals surface area (Å²) in [6, 6.07) is 4.42. The van der Waals surface area contributed by atoms with Gasteiger partial charge in [0.15, 0.2) is 0 Å². The van der Waals surface area contributed by atoms with Gasteiger partial charge < -0.3 is 15.4 Å². The number of pyridine rings is 1. The number of rotatable bonds is 6. The molecular weight excluding hydrogens is 246 g/mol. The molecule has 0 amide bonds. The molecule has 0 unspecified atom stereocenters. The van der Waals surface area contributed by atoms with Crippen molar-refractivity contribution in [2.45, 2.75) is 25.8 Å². The number of likely N-dealkylation sites (N-methyl/N-ethyl adjacent to an activating group) is 1. The predicted octanol–water partition coefficient (Wildman–Crippen LogP) is 1.50. The van der Waals surface area contributed by atoms with Gasteiger partial charge in [0.25, 0.3) is 0 Å². The monoisotopic (exact) mass is 265 g/mol. The highest BCUT2D eigenvalue weighted by Gasteiger charge is 2.25. The van der Waals surface area contributed by atoms with Gasteiger partial charge in [0.1, 0.15) is 11.6 Å². The van der Waals surface area contributed by atoms with Crippen LogP contribution >= 0.6 is 12.2 Å². The topological polar surface area (TPSA) is 51.4 Å². The molecule has 4 nitrogen and oxygen atoms in total. The van der Waals surface area contributed by atoms with Crippen LogP contribution in [0.15, 0.2) is 12.1 Å². The van der Waals surface area contributed by atoms with E-state index in [1.54, 1.807) is 6.07 Å². The summed E-state index contributed by atoms with van der Waals surface area (Å²) in [6.07, 6.45) is 2.62. The molecule has 5 heteroatoms. The number of aromatic nitrogens is 1. The van der Waals surface area contributed by atoms with E-state index in [4.69, 9.17) is 22.7 Å². The molecule has 1 aliphatic carbocycles. The Morgan fingerprint density at radius 3 is 2.89 bits per heavy atom. The van der Waals surface area contributed by atoms with E-state index in [0.29, 0.717) is 17.5 Å². The van der Waals surface area contributed by atoms with Crippen LogP contribution in [0, 0.1) is 6.92 Å². The number of hydrogen-bond donors (Lipinski definition) is 1. The molecule has 0 spiro atoms. The van der Waals surface area contributed by atoms with Gasteiger partial charge in [-0.3, -0.25) is 0 Å². The third-order valence-corrected chi connectivity index (χ3v) is 3.31. The fraction of sp³-hybridized carbons (Fsp3) is 0.538. The van der Waals surface area contributed by atoms with Crippen molar-refractivity contribution in [3.63, 3.8) is 0 Å². The zero-order chi connectivity index (χ0) is 13.1. The second-order valence-corrected chi connectivity index (χ2v) is 5.20. The fourth-order valence-corrected chi connectivity index (χ4v) is 1.96. The maximum absolute atomic E-state index is 5.66. The quantitative estimate of drug-likeness (QED) is 0.790. The molecule has 98 valence electrons. The van der Waals surface area contributed by atoms with Gasteiger partial charge in [-0.05, 0) is 32.9 Å². The van der Waals surface area contributed by atoms with Gasteiger partial charge in [0.05, 0.1) is 0 Å². The van der Waals surface area contributed by atoms with Gasteiger partial charge in [-0.2, -0.15) is 0 Å². The zero-order valence-electron chi connectivity index (χ0n) is 10.8. The van der Waals surface area contributed by atoms with Crippen LogP contribution in [0.1, 0.15) is 24.1 Å². The van der Waals surface area contributed by atoms with E-state index < -0.39 is 0 Å². The first-order chi connectivity index (χ1) is 8.56. The Labute approximate surface area is 113 Å². The molecule has 1 saturated carbocycles. The van der Waals surface area contributed by atoms with Crippen LogP contribution in [0.5, 0.6) is 5.88 Å². The van der Waals surface area contributed by atoms with Crippen LogP contribution in [-0.4, -0.2) is 41.1 Å². The third kappa shape index (κ3) is 3.65. The molecule has 0 bridgehead atoms. The van der Waals surface area contributed by atoms with Crippen LogP contribution in [0.4, 0.5) is 0 Å². The van der Waals surface area contributed by atoms with E-state index in [0.717, 1.165) is 23.8 Å². The molecule has 0 radical (unpaired) electrons. The van der Waals surface area contributed by atoms with Crippen molar-refractivity contribution in [3.8, 4) is 5.88 Å². The van der Waals surface area contributed by atoms with E-state index in [1.807, 2.05) is 13.0 Å². The van der Waals surface area contributed by atoms with Crippen LogP contribution < -0.4 is 10.5 Å². The van der Waals surface area contributed by atoms with Gasteiger partial charge in [-0.25, -0.2) is 4.98 Å². The summed E-state index contributed by atoms with van der Waals surface area (Å²) in [6.45, 7) is 3.47. The molecule has 18 heavy (non-hydrogen) atoms. The summed E-state index contributed by atoms with van der Waals surface area (Å²) >= 11 is 4.96. The number of hydrogen-bond acceptors (Lipinski definition) is 4. The average Bonchev–Trinajstić information content (AvgIpc) is 3.11. The third-order valence-electron chi connectivity index (χ3n) is 3.08. The Morgan fingerprint density at radius 1 is 1.56 bits per heavy atom. The first kappa shape index (κ1) is 13.2. The minimum Gasteiger partial charge on any atom is -0.476 e. The lowest BCUT2D eigenvalue weighted by atomic mass is 10.2. The van der Waals surface area contributed by atoms with Gasteiger partial charge in [-0.15, -0.1) is 0 Å². The molecule has 0 aliphatic heterocycles. The number of aryl methyl sites for hydroxylation is 1. The minimum atomic E-state index is 0.375. The van der Waals surface area contributed by atoms with Crippen molar-refractivity contribution in [1.82, 2.24) is 9.88 Å². The highest BCUT2D eigenvalue weighted by molar-refractivity contribution is 7.80. The Bertz CT molecular complexity index is 446. The Hall–Kier alpha value is -1.20. The SMILES string of the molecule is Cc1cc(C(N)=S)cc(OCCN(C)C2CC2)n1. The minimum absolute atomic E-state index is 0.375. The zero-order valence-corrected chi connectivity index (χ0v) is 11.7. The van der Waals surface area contributed by atoms with Gasteiger partial charge in [0.2, 0.25) is 5.88 Å². The molecule has 0 saturated heterocycles. The van der Waals surface area contributed by atoms with Crippen LogP contribution in [0.2, 0.25) is 0 Å². The Balaban J connectivity index is 1.89. The van der Waals surface area contributed by atoms with Gasteiger partial charge >= 0.3 is 0 Å². The smallest absolute Gasteiger partial charge is 0.214 e. The lowest BCUT2D eigenvalue weighted by molar-refractivity contribution is 0.226. The molecule has 0 aromatic carbocycles. The second-order valence-electron chi connectivity index (χ2n) is 4.76. The van der Waals surface area contributed by atoms with Gasteiger partial charge in [0, 0.05) is 29.9 Å². The lowest BCUT2D eigenvalue weighted by Crippen LogP contribution is -2.26. The summed E-state index contributed by atoms with van der Waals surface area (Å²) in [5.74, 6) is 0.599. The molecule has 1 aromatic heterocycles. The fourth-order valence-electron chi connectivity index (χ4n) is 1.85. The van der Waals surface area contributed by atoms with Crippen LogP contribution in [-0.2, 0) is 0 Å². The van der Waals surface area contributed by atoms with Crippen molar-refractivity contribution >= 4 is 17.2 Å². The first-order valence-electron chi connectivity index (χ1n) is 6.18. The normalized spacial score (nSPS) is 14.8. The van der Waals surface area contributed by atoms with Crippen molar-refractivity contribution in [2.75, 3.05) is 20.2 Å². The average molecular weight is 265 g/mol. The van der Waals surface area contributed by atoms with Crippen LogP contribution in [0.3, 0.4) is 0 Å². The van der Waals surface area contributed by atoms with E-state index in [1.165, 1.54) is 12.8 Å². The highest BCUT2D eigenvalue weighted by Crippen LogP contribution is 2.24. The second kappa shape index (κ2) is 5.63. The standard InChI is InChI=1S/C13H19N3OS/c1-9-7-10(13(14)18)8-12(15-9)17-6-5-16(2)11-3-4-11/h7-8,11H,3-6H2,1-2H3,(H2,14,18). The van der Waals surface area contributed by atoms with Crippen molar-refractivity contribution in [3.05, 3.63) is 23.4 Å². The summed E-state index contributed by atoms with van der Waals surface area (Å²) in [5, 5.41) is 0. The number of nitrogens with zero attached hydrogens (tertiary/aromatic N) is 2. The molecular formula is C13H19N3OS. The van der Waals surface area contributed by atoms with Gasteiger partial charge in [-0.1, -0.05) is 12.2 Å². The van der Waals surface area contributed by atoms with Crippen molar-refractivity contribution < 1.29 is 4.74 Å². The molecule has 0 atom stereocenters. The summed E-state index contributed by atoms with van der Waals surface area (Å²) < 4.78 is 5.66. The van der Waals surface area contributed by atoms with Crippen molar-refractivity contribution in [1.29, 1.82) is 0 Å². The Morgan fingerprint density at radius 2 is 2.28 bits per heavy atom. The number of thiocarbonyl (C=S) groups is 1. The summed E-state index contributed by atoms with van der Waals surface area (Å²) in [7, 11) is 2.13. The molecule has 1 fully saturated rings. The maximum atomic E-state index is 5.66.